The molecule has 38 heavy (non-hydrogen) atoms. The van der Waals surface area contributed by atoms with E-state index in [-0.39, 0.29) is 25.1 Å². The average molecular weight is 541 g/mol. The summed E-state index contributed by atoms with van der Waals surface area (Å²) in [6.07, 6.45) is 6.29. The molecule has 1 aliphatic heterocycles. The lowest BCUT2D eigenvalue weighted by molar-refractivity contribution is 0.0386. The quantitative estimate of drug-likeness (QED) is 0.276. The van der Waals surface area contributed by atoms with Crippen molar-refractivity contribution in [2.75, 3.05) is 32.6 Å². The molecule has 3 heterocycles. The summed E-state index contributed by atoms with van der Waals surface area (Å²) in [6.45, 7) is 1.10. The molecular weight excluding hydrogens is 511 g/mol. The third-order valence-corrected chi connectivity index (χ3v) is 6.80. The number of anilines is 1. The van der Waals surface area contributed by atoms with E-state index in [9.17, 15) is 14.3 Å². The van der Waals surface area contributed by atoms with E-state index >= 15 is 0 Å². The molecule has 4 rings (SSSR count). The Bertz CT molecular complexity index is 1360. The van der Waals surface area contributed by atoms with Gasteiger partial charge in [-0.1, -0.05) is 17.7 Å². The molecule has 3 aromatic rings. The summed E-state index contributed by atoms with van der Waals surface area (Å²) in [4.78, 5) is 19.7. The molecule has 1 aromatic carbocycles. The molecule has 0 unspecified atom stereocenters. The summed E-state index contributed by atoms with van der Waals surface area (Å²) in [6, 6.07) is 7.49. The molecular formula is C27H30ClFN6O3. The van der Waals surface area contributed by atoms with Crippen LogP contribution in [0, 0.1) is 11.2 Å². The maximum atomic E-state index is 14.0. The maximum absolute atomic E-state index is 14.0. The number of ether oxygens (including phenoxy) is 1. The normalized spacial score (nSPS) is 15.4. The lowest BCUT2D eigenvalue weighted by Gasteiger charge is -2.36. The molecule has 2 aromatic heterocycles. The highest BCUT2D eigenvalue weighted by molar-refractivity contribution is 6.33. The summed E-state index contributed by atoms with van der Waals surface area (Å²) >= 11 is 6.51. The van der Waals surface area contributed by atoms with Crippen LogP contribution in [-0.4, -0.2) is 65.0 Å². The van der Waals surface area contributed by atoms with Crippen molar-refractivity contribution in [1.29, 1.82) is 5.41 Å². The highest BCUT2D eigenvalue weighted by Gasteiger charge is 2.33. The molecule has 1 aliphatic rings. The van der Waals surface area contributed by atoms with Crippen molar-refractivity contribution in [3.63, 3.8) is 0 Å². The van der Waals surface area contributed by atoms with Crippen molar-refractivity contribution in [3.05, 3.63) is 82.2 Å². The number of hydrogen-bond acceptors (Lipinski definition) is 7. The number of carbonyl (C=O) groups excluding carboxylic acids is 1. The second-order valence-corrected chi connectivity index (χ2v) is 9.30. The van der Waals surface area contributed by atoms with Gasteiger partial charge in [0.15, 0.2) is 0 Å². The van der Waals surface area contributed by atoms with Gasteiger partial charge in [-0.3, -0.25) is 4.79 Å². The molecule has 0 radical (unpaired) electrons. The van der Waals surface area contributed by atoms with Crippen molar-refractivity contribution >= 4 is 29.5 Å². The first-order valence-electron chi connectivity index (χ1n) is 12.0. The predicted molar refractivity (Wildman–Crippen MR) is 145 cm³/mol. The van der Waals surface area contributed by atoms with Gasteiger partial charge in [0, 0.05) is 62.7 Å². The SMILES string of the molecule is CN/C(=C\C=N)CNc1cc(-c2cc3n(c2)C[C@H](COC)N(Cc2cc(F)ccc2CO)C3=O)c(Cl)cn1. The van der Waals surface area contributed by atoms with Gasteiger partial charge in [-0.25, -0.2) is 9.37 Å². The molecule has 9 nitrogen and oxygen atoms in total. The topological polar surface area (TPSA) is 116 Å². The number of aliphatic hydroxyl groups is 1. The summed E-state index contributed by atoms with van der Waals surface area (Å²) in [5, 5.41) is 23.6. The van der Waals surface area contributed by atoms with Crippen LogP contribution in [0.25, 0.3) is 11.1 Å². The van der Waals surface area contributed by atoms with Crippen molar-refractivity contribution in [2.45, 2.75) is 25.7 Å². The van der Waals surface area contributed by atoms with Crippen molar-refractivity contribution in [3.8, 4) is 11.1 Å². The fraction of sp³-hybridized carbons (Fsp3) is 0.296. The lowest BCUT2D eigenvalue weighted by Crippen LogP contribution is -2.49. The van der Waals surface area contributed by atoms with Gasteiger partial charge < -0.3 is 35.4 Å². The van der Waals surface area contributed by atoms with Gasteiger partial charge in [0.05, 0.1) is 30.8 Å². The fourth-order valence-corrected chi connectivity index (χ4v) is 4.73. The number of fused-ring (bicyclic) bond motifs is 1. The largest absolute Gasteiger partial charge is 0.392 e. The first kappa shape index (κ1) is 27.3. The Labute approximate surface area is 225 Å². The van der Waals surface area contributed by atoms with Gasteiger partial charge in [0.2, 0.25) is 0 Å². The van der Waals surface area contributed by atoms with Crippen LogP contribution < -0.4 is 10.6 Å². The zero-order valence-corrected chi connectivity index (χ0v) is 21.9. The van der Waals surface area contributed by atoms with Crippen LogP contribution in [0.4, 0.5) is 10.2 Å². The van der Waals surface area contributed by atoms with E-state index in [1.54, 1.807) is 37.4 Å². The van der Waals surface area contributed by atoms with Crippen LogP contribution >= 0.6 is 11.6 Å². The summed E-state index contributed by atoms with van der Waals surface area (Å²) in [5.41, 5.74) is 3.87. The Balaban J connectivity index is 1.64. The molecule has 0 spiro atoms. The number of carbonyl (C=O) groups is 1. The van der Waals surface area contributed by atoms with Gasteiger partial charge in [0.25, 0.3) is 5.91 Å². The first-order chi connectivity index (χ1) is 18.4. The van der Waals surface area contributed by atoms with E-state index in [0.29, 0.717) is 52.9 Å². The van der Waals surface area contributed by atoms with Gasteiger partial charge in [0.1, 0.15) is 17.3 Å². The van der Waals surface area contributed by atoms with Crippen LogP contribution in [0.15, 0.2) is 54.5 Å². The molecule has 11 heteroatoms. The predicted octanol–water partition coefficient (Wildman–Crippen LogP) is 3.67. The standard InChI is InChI=1S/C27H30ClFN6O3/c1-31-21(5-6-30)10-32-26-9-23(24(28)11-33-26)19-8-25-27(37)35(22(16-38-2)14-34(25)12-19)13-18-7-20(29)4-3-17(18)15-36/h3-9,11-12,22,30-31,36H,10,13-16H2,1-2H3,(H,32,33)/b21-5-,30-6?/t22-/m1/s1. The van der Waals surface area contributed by atoms with Gasteiger partial charge in [-0.2, -0.15) is 0 Å². The second kappa shape index (κ2) is 12.2. The maximum Gasteiger partial charge on any atom is 0.271 e. The molecule has 0 fully saturated rings. The molecule has 200 valence electrons. The Kier molecular flexibility index (Phi) is 8.77. The number of benzene rings is 1. The van der Waals surface area contributed by atoms with Crippen molar-refractivity contribution in [1.82, 2.24) is 19.8 Å². The number of likely N-dealkylation sites (N-methyl/N-ethyl adjacent to an activating group) is 1. The number of allylic oxidation sites excluding steroid dienone is 1. The first-order valence-corrected chi connectivity index (χ1v) is 12.4. The van der Waals surface area contributed by atoms with Crippen molar-refractivity contribution < 1.29 is 19.0 Å². The number of nitrogens with zero attached hydrogens (tertiary/aromatic N) is 3. The summed E-state index contributed by atoms with van der Waals surface area (Å²) in [5.74, 6) is -0.0632. The average Bonchev–Trinajstić information content (AvgIpc) is 3.34. The lowest BCUT2D eigenvalue weighted by atomic mass is 10.0. The van der Waals surface area contributed by atoms with Crippen LogP contribution in [-0.2, 0) is 24.4 Å². The van der Waals surface area contributed by atoms with Gasteiger partial charge >= 0.3 is 0 Å². The number of nitrogens with one attached hydrogen (secondary N) is 3. The van der Waals surface area contributed by atoms with Crippen LogP contribution in [0.2, 0.25) is 5.02 Å². The number of halogens is 2. The van der Waals surface area contributed by atoms with Crippen molar-refractivity contribution in [2.24, 2.45) is 0 Å². The molecule has 1 atom stereocenters. The molecule has 0 bridgehead atoms. The van der Waals surface area contributed by atoms with E-state index in [1.165, 1.54) is 24.4 Å². The number of amides is 1. The third kappa shape index (κ3) is 5.88. The van der Waals surface area contributed by atoms with E-state index in [0.717, 1.165) is 11.3 Å². The number of aromatic nitrogens is 2. The third-order valence-electron chi connectivity index (χ3n) is 6.50. The van der Waals surface area contributed by atoms with E-state index in [1.807, 2.05) is 16.8 Å². The summed E-state index contributed by atoms with van der Waals surface area (Å²) < 4.78 is 21.3. The van der Waals surface area contributed by atoms with Crippen LogP contribution in [0.1, 0.15) is 21.6 Å². The van der Waals surface area contributed by atoms with E-state index < -0.39 is 5.82 Å². The molecule has 1 amide bonds. The Morgan fingerprint density at radius 1 is 1.34 bits per heavy atom. The fourth-order valence-electron chi connectivity index (χ4n) is 4.52. The Morgan fingerprint density at radius 2 is 2.16 bits per heavy atom. The van der Waals surface area contributed by atoms with Crippen LogP contribution in [0.5, 0.6) is 0 Å². The highest BCUT2D eigenvalue weighted by Crippen LogP contribution is 2.33. The summed E-state index contributed by atoms with van der Waals surface area (Å²) in [7, 11) is 3.35. The Morgan fingerprint density at radius 3 is 2.87 bits per heavy atom. The minimum Gasteiger partial charge on any atom is -0.392 e. The van der Waals surface area contributed by atoms with Gasteiger partial charge in [-0.15, -0.1) is 0 Å². The number of hydrogen-bond donors (Lipinski definition) is 4. The molecule has 0 saturated carbocycles. The van der Waals surface area contributed by atoms with E-state index in [2.05, 4.69) is 15.6 Å². The minimum absolute atomic E-state index is 0.141. The number of rotatable bonds is 11. The zero-order chi connectivity index (χ0) is 27.2. The second-order valence-electron chi connectivity index (χ2n) is 8.89. The monoisotopic (exact) mass is 540 g/mol. The molecule has 4 N–H and O–H groups in total. The van der Waals surface area contributed by atoms with Crippen LogP contribution in [0.3, 0.4) is 0 Å². The molecule has 0 saturated heterocycles. The zero-order valence-electron chi connectivity index (χ0n) is 21.2. The van der Waals surface area contributed by atoms with Gasteiger partial charge in [-0.05, 0) is 41.5 Å². The van der Waals surface area contributed by atoms with E-state index in [4.69, 9.17) is 21.7 Å². The smallest absolute Gasteiger partial charge is 0.271 e. The minimum atomic E-state index is -0.428. The number of methoxy groups -OCH3 is 1. The number of aliphatic hydroxyl groups excluding tert-OH is 1. The molecule has 0 aliphatic carbocycles. The number of pyridine rings is 1. The highest BCUT2D eigenvalue weighted by atomic mass is 35.5. The Hall–Kier alpha value is -3.73.